The smallest absolute Gasteiger partial charge is 0.401 e. The van der Waals surface area contributed by atoms with Crippen LogP contribution < -0.4 is 0 Å². The Labute approximate surface area is 120 Å². The molecule has 4 bridgehead atoms. The molecule has 7 heteroatoms. The SMILES string of the molecule is CC(C(=O)OC12CC3CC(CC(O)(C3)C1)C2O)C(F)(F)F. The number of carbonyl (C=O) groups is 1. The summed E-state index contributed by atoms with van der Waals surface area (Å²) in [5.41, 5.74) is -2.37. The highest BCUT2D eigenvalue weighted by Gasteiger charge is 2.64. The van der Waals surface area contributed by atoms with E-state index < -0.39 is 35.4 Å². The summed E-state index contributed by atoms with van der Waals surface area (Å²) >= 11 is 0. The predicted molar refractivity (Wildman–Crippen MR) is 65.1 cm³/mol. The molecule has 0 aromatic carbocycles. The molecule has 120 valence electrons. The lowest BCUT2D eigenvalue weighted by atomic mass is 9.51. The molecule has 4 aliphatic rings. The van der Waals surface area contributed by atoms with Gasteiger partial charge in [-0.05, 0) is 44.4 Å². The second-order valence-electron chi connectivity index (χ2n) is 7.07. The van der Waals surface area contributed by atoms with Gasteiger partial charge in [0.25, 0.3) is 0 Å². The normalized spacial score (nSPS) is 46.5. The Morgan fingerprint density at radius 1 is 1.33 bits per heavy atom. The van der Waals surface area contributed by atoms with Crippen LogP contribution in [0.1, 0.15) is 39.0 Å². The molecule has 0 heterocycles. The molecule has 0 aromatic rings. The molecule has 0 aliphatic heterocycles. The summed E-state index contributed by atoms with van der Waals surface area (Å²) in [6.07, 6.45) is -3.55. The number of carbonyl (C=O) groups excluding carboxylic acids is 1. The van der Waals surface area contributed by atoms with E-state index in [2.05, 4.69) is 0 Å². The fourth-order valence-electron chi connectivity index (χ4n) is 4.58. The van der Waals surface area contributed by atoms with Crippen molar-refractivity contribution in [3.63, 3.8) is 0 Å². The van der Waals surface area contributed by atoms with Crippen LogP contribution in [0.5, 0.6) is 0 Å². The van der Waals surface area contributed by atoms with Crippen molar-refractivity contribution < 1.29 is 32.9 Å². The summed E-state index contributed by atoms with van der Waals surface area (Å²) < 4.78 is 43.0. The van der Waals surface area contributed by atoms with Crippen LogP contribution in [-0.2, 0) is 9.53 Å². The van der Waals surface area contributed by atoms with Crippen LogP contribution in [0, 0.1) is 17.8 Å². The average molecular weight is 308 g/mol. The molecule has 0 spiro atoms. The van der Waals surface area contributed by atoms with Crippen LogP contribution >= 0.6 is 0 Å². The van der Waals surface area contributed by atoms with Gasteiger partial charge in [0.1, 0.15) is 11.5 Å². The zero-order valence-electron chi connectivity index (χ0n) is 11.7. The Kier molecular flexibility index (Phi) is 3.12. The zero-order valence-corrected chi connectivity index (χ0v) is 11.7. The van der Waals surface area contributed by atoms with Crippen LogP contribution in [0.3, 0.4) is 0 Å². The molecule has 6 unspecified atom stereocenters. The van der Waals surface area contributed by atoms with Gasteiger partial charge >= 0.3 is 12.1 Å². The molecular weight excluding hydrogens is 289 g/mol. The summed E-state index contributed by atoms with van der Waals surface area (Å²) in [5.74, 6) is -3.70. The highest BCUT2D eigenvalue weighted by atomic mass is 19.4. The maximum Gasteiger partial charge on any atom is 0.401 e. The quantitative estimate of drug-likeness (QED) is 0.763. The summed E-state index contributed by atoms with van der Waals surface area (Å²) in [7, 11) is 0. The van der Waals surface area contributed by atoms with E-state index in [0.717, 1.165) is 13.3 Å². The summed E-state index contributed by atoms with van der Waals surface area (Å²) in [4.78, 5) is 11.8. The number of hydrogen-bond acceptors (Lipinski definition) is 4. The van der Waals surface area contributed by atoms with Gasteiger partial charge in [0.05, 0.1) is 11.7 Å². The van der Waals surface area contributed by atoms with Gasteiger partial charge in [-0.1, -0.05) is 0 Å². The standard InChI is InChI=1S/C14H19F3O4/c1-7(14(15,16)17)11(19)21-13-4-8-2-9(10(13)18)5-12(20,3-8)6-13/h7-10,18,20H,2-6H2,1H3. The van der Waals surface area contributed by atoms with Crippen molar-refractivity contribution in [2.24, 2.45) is 17.8 Å². The lowest BCUT2D eigenvalue weighted by molar-refractivity contribution is -0.270. The van der Waals surface area contributed by atoms with Crippen molar-refractivity contribution in [1.82, 2.24) is 0 Å². The Balaban J connectivity index is 1.82. The van der Waals surface area contributed by atoms with E-state index in [-0.39, 0.29) is 18.3 Å². The third kappa shape index (κ3) is 2.34. The van der Waals surface area contributed by atoms with Crippen molar-refractivity contribution >= 4 is 5.97 Å². The maximum atomic E-state index is 12.6. The van der Waals surface area contributed by atoms with E-state index in [1.54, 1.807) is 0 Å². The third-order valence-electron chi connectivity index (χ3n) is 5.34. The van der Waals surface area contributed by atoms with E-state index in [4.69, 9.17) is 4.74 Å². The van der Waals surface area contributed by atoms with Crippen molar-refractivity contribution in [3.05, 3.63) is 0 Å². The highest BCUT2D eigenvalue weighted by molar-refractivity contribution is 5.73. The summed E-state index contributed by atoms with van der Waals surface area (Å²) in [5, 5.41) is 20.8. The molecule has 0 saturated heterocycles. The van der Waals surface area contributed by atoms with Crippen molar-refractivity contribution in [2.75, 3.05) is 0 Å². The first kappa shape index (κ1) is 15.1. The Morgan fingerprint density at radius 2 is 2.00 bits per heavy atom. The van der Waals surface area contributed by atoms with Gasteiger partial charge in [0, 0.05) is 6.42 Å². The van der Waals surface area contributed by atoms with E-state index in [0.29, 0.717) is 19.3 Å². The minimum Gasteiger partial charge on any atom is -0.456 e. The van der Waals surface area contributed by atoms with Gasteiger partial charge < -0.3 is 14.9 Å². The first-order valence-corrected chi connectivity index (χ1v) is 7.25. The fraction of sp³-hybridized carbons (Fsp3) is 0.929. The molecule has 0 radical (unpaired) electrons. The Hall–Kier alpha value is -0.820. The van der Waals surface area contributed by atoms with Gasteiger partial charge in [-0.15, -0.1) is 0 Å². The van der Waals surface area contributed by atoms with E-state index in [1.165, 1.54) is 0 Å². The number of ether oxygens (including phenoxy) is 1. The second kappa shape index (κ2) is 4.35. The monoisotopic (exact) mass is 308 g/mol. The highest BCUT2D eigenvalue weighted by Crippen LogP contribution is 2.59. The van der Waals surface area contributed by atoms with Crippen LogP contribution in [0.4, 0.5) is 13.2 Å². The van der Waals surface area contributed by atoms with Gasteiger partial charge in [-0.3, -0.25) is 4.79 Å². The maximum absolute atomic E-state index is 12.6. The summed E-state index contributed by atoms with van der Waals surface area (Å²) in [6, 6.07) is 0. The van der Waals surface area contributed by atoms with Crippen LogP contribution in [0.25, 0.3) is 0 Å². The molecule has 4 fully saturated rings. The van der Waals surface area contributed by atoms with Crippen molar-refractivity contribution in [1.29, 1.82) is 0 Å². The molecule has 4 aliphatic carbocycles. The largest absolute Gasteiger partial charge is 0.456 e. The van der Waals surface area contributed by atoms with Crippen molar-refractivity contribution in [3.8, 4) is 0 Å². The minimum absolute atomic E-state index is 0.0322. The van der Waals surface area contributed by atoms with Crippen LogP contribution in [0.15, 0.2) is 0 Å². The number of aliphatic hydroxyl groups excluding tert-OH is 1. The number of rotatable bonds is 2. The number of alkyl halides is 3. The average Bonchev–Trinajstić information content (AvgIpc) is 2.31. The molecule has 21 heavy (non-hydrogen) atoms. The fourth-order valence-corrected chi connectivity index (χ4v) is 4.58. The molecule has 4 saturated carbocycles. The topological polar surface area (TPSA) is 66.8 Å². The molecule has 0 aromatic heterocycles. The lowest BCUT2D eigenvalue weighted by Crippen LogP contribution is -2.68. The first-order valence-electron chi connectivity index (χ1n) is 7.25. The molecule has 6 atom stereocenters. The number of esters is 1. The van der Waals surface area contributed by atoms with E-state index >= 15 is 0 Å². The molecule has 0 amide bonds. The molecule has 2 N–H and O–H groups in total. The van der Waals surface area contributed by atoms with Gasteiger partial charge in [0.15, 0.2) is 0 Å². The lowest BCUT2D eigenvalue weighted by Gasteiger charge is -2.61. The van der Waals surface area contributed by atoms with Gasteiger partial charge in [0.2, 0.25) is 0 Å². The third-order valence-corrected chi connectivity index (χ3v) is 5.34. The van der Waals surface area contributed by atoms with Gasteiger partial charge in [-0.2, -0.15) is 13.2 Å². The van der Waals surface area contributed by atoms with Crippen molar-refractivity contribution in [2.45, 2.75) is 62.5 Å². The predicted octanol–water partition coefficient (Wildman–Crippen LogP) is 1.78. The molecular formula is C14H19F3O4. The zero-order chi connectivity index (χ0) is 15.6. The van der Waals surface area contributed by atoms with Crippen LogP contribution in [-0.4, -0.2) is 39.7 Å². The number of aliphatic hydroxyl groups is 2. The van der Waals surface area contributed by atoms with E-state index in [9.17, 15) is 28.2 Å². The molecule has 4 nitrogen and oxygen atoms in total. The second-order valence-corrected chi connectivity index (χ2v) is 7.07. The first-order chi connectivity index (χ1) is 9.55. The number of halogens is 3. The minimum atomic E-state index is -4.67. The number of hydrogen-bond donors (Lipinski definition) is 2. The summed E-state index contributed by atoms with van der Waals surface area (Å²) in [6.45, 7) is 0.754. The Morgan fingerprint density at radius 3 is 2.57 bits per heavy atom. The van der Waals surface area contributed by atoms with Gasteiger partial charge in [-0.25, -0.2) is 0 Å². The molecule has 4 rings (SSSR count). The van der Waals surface area contributed by atoms with Crippen LogP contribution in [0.2, 0.25) is 0 Å². The van der Waals surface area contributed by atoms with E-state index in [1.807, 2.05) is 0 Å². The Bertz CT molecular complexity index is 466.